The van der Waals surface area contributed by atoms with Gasteiger partial charge in [0, 0.05) is 18.9 Å². The molecule has 0 bridgehead atoms. The predicted octanol–water partition coefficient (Wildman–Crippen LogP) is 1.30. The molecule has 3 rings (SSSR count). The van der Waals surface area contributed by atoms with Gasteiger partial charge in [-0.25, -0.2) is 0 Å². The van der Waals surface area contributed by atoms with E-state index in [4.69, 9.17) is 0 Å². The van der Waals surface area contributed by atoms with E-state index < -0.39 is 5.54 Å². The van der Waals surface area contributed by atoms with Crippen molar-refractivity contribution in [2.75, 3.05) is 19.6 Å². The number of hydrogen-bond donors (Lipinski definition) is 2. The van der Waals surface area contributed by atoms with Crippen LogP contribution >= 0.6 is 12.4 Å². The lowest BCUT2D eigenvalue weighted by Gasteiger charge is -2.36. The maximum Gasteiger partial charge on any atom is 0.248 e. The number of carbonyl (C=O) groups is 1. The molecule has 0 spiro atoms. The summed E-state index contributed by atoms with van der Waals surface area (Å²) in [7, 11) is 0. The van der Waals surface area contributed by atoms with E-state index in [-0.39, 0.29) is 18.3 Å². The van der Waals surface area contributed by atoms with Crippen molar-refractivity contribution in [3.05, 3.63) is 18.5 Å². The first-order valence-electron chi connectivity index (χ1n) is 7.30. The van der Waals surface area contributed by atoms with E-state index in [1.165, 1.54) is 12.8 Å². The SMILES string of the molecule is Cl.O=C(NCCC1CC1)C1(n2cccn2)CCNCC1. The standard InChI is InChI=1S/C14H22N4O.ClH/c19-13(16-8-4-12-2-3-12)14(5-9-15-10-6-14)18-11-1-7-17-18;/h1,7,11-12,15H,2-6,8-10H2,(H,16,19);1H. The Labute approximate surface area is 125 Å². The maximum absolute atomic E-state index is 12.6. The van der Waals surface area contributed by atoms with Gasteiger partial charge in [0.25, 0.3) is 0 Å². The zero-order valence-corrected chi connectivity index (χ0v) is 12.5. The van der Waals surface area contributed by atoms with Crippen LogP contribution < -0.4 is 10.6 Å². The molecule has 0 aromatic carbocycles. The first-order chi connectivity index (χ1) is 9.31. The van der Waals surface area contributed by atoms with Crippen LogP contribution in [0.2, 0.25) is 0 Å². The Balaban J connectivity index is 0.00000147. The fourth-order valence-corrected chi connectivity index (χ4v) is 2.88. The van der Waals surface area contributed by atoms with Crippen molar-refractivity contribution >= 4 is 18.3 Å². The molecule has 1 amide bonds. The van der Waals surface area contributed by atoms with Crippen LogP contribution in [0, 0.1) is 5.92 Å². The van der Waals surface area contributed by atoms with Gasteiger partial charge in [-0.05, 0) is 44.3 Å². The summed E-state index contributed by atoms with van der Waals surface area (Å²) in [5, 5.41) is 10.8. The van der Waals surface area contributed by atoms with Crippen molar-refractivity contribution in [2.45, 2.75) is 37.6 Å². The third-order valence-electron chi connectivity index (χ3n) is 4.33. The monoisotopic (exact) mass is 298 g/mol. The summed E-state index contributed by atoms with van der Waals surface area (Å²) >= 11 is 0. The topological polar surface area (TPSA) is 59.0 Å². The number of aromatic nitrogens is 2. The Morgan fingerprint density at radius 3 is 2.75 bits per heavy atom. The number of nitrogens with one attached hydrogen (secondary N) is 2. The molecule has 5 nitrogen and oxygen atoms in total. The van der Waals surface area contributed by atoms with Crippen LogP contribution in [0.5, 0.6) is 0 Å². The minimum absolute atomic E-state index is 0. The van der Waals surface area contributed by atoms with E-state index in [2.05, 4.69) is 15.7 Å². The lowest BCUT2D eigenvalue weighted by Crippen LogP contribution is -2.54. The highest BCUT2D eigenvalue weighted by Crippen LogP contribution is 2.32. The van der Waals surface area contributed by atoms with Crippen LogP contribution in [0.4, 0.5) is 0 Å². The van der Waals surface area contributed by atoms with Gasteiger partial charge in [-0.2, -0.15) is 5.10 Å². The molecule has 0 unspecified atom stereocenters. The molecule has 2 aliphatic rings. The van der Waals surface area contributed by atoms with E-state index in [9.17, 15) is 4.79 Å². The van der Waals surface area contributed by atoms with Crippen molar-refractivity contribution in [3.63, 3.8) is 0 Å². The normalized spacial score (nSPS) is 21.0. The lowest BCUT2D eigenvalue weighted by atomic mass is 9.87. The number of nitrogens with zero attached hydrogens (tertiary/aromatic N) is 2. The van der Waals surface area contributed by atoms with Crippen LogP contribution in [0.1, 0.15) is 32.1 Å². The molecule has 1 aromatic heterocycles. The maximum atomic E-state index is 12.6. The molecule has 1 aliphatic heterocycles. The van der Waals surface area contributed by atoms with Gasteiger partial charge in [0.15, 0.2) is 0 Å². The summed E-state index contributed by atoms with van der Waals surface area (Å²) in [6, 6.07) is 1.89. The molecule has 20 heavy (non-hydrogen) atoms. The van der Waals surface area contributed by atoms with Gasteiger partial charge >= 0.3 is 0 Å². The van der Waals surface area contributed by atoms with Crippen LogP contribution in [0.15, 0.2) is 18.5 Å². The highest BCUT2D eigenvalue weighted by atomic mass is 35.5. The molecule has 1 aliphatic carbocycles. The molecule has 6 heteroatoms. The third kappa shape index (κ3) is 3.15. The van der Waals surface area contributed by atoms with Gasteiger partial charge in [0.2, 0.25) is 5.91 Å². The van der Waals surface area contributed by atoms with Crippen molar-refractivity contribution in [1.29, 1.82) is 0 Å². The molecule has 1 saturated heterocycles. The molecule has 0 atom stereocenters. The Morgan fingerprint density at radius 1 is 1.40 bits per heavy atom. The summed E-state index contributed by atoms with van der Waals surface area (Å²) < 4.78 is 1.85. The molecular weight excluding hydrogens is 276 g/mol. The van der Waals surface area contributed by atoms with Gasteiger partial charge in [-0.3, -0.25) is 9.48 Å². The van der Waals surface area contributed by atoms with Crippen molar-refractivity contribution < 1.29 is 4.79 Å². The lowest BCUT2D eigenvalue weighted by molar-refractivity contribution is -0.132. The van der Waals surface area contributed by atoms with Gasteiger partial charge in [0.1, 0.15) is 5.54 Å². The zero-order chi connectivity index (χ0) is 13.1. The van der Waals surface area contributed by atoms with Crippen LogP contribution in [0.25, 0.3) is 0 Å². The smallest absolute Gasteiger partial charge is 0.248 e. The highest BCUT2D eigenvalue weighted by Gasteiger charge is 2.41. The first-order valence-corrected chi connectivity index (χ1v) is 7.30. The van der Waals surface area contributed by atoms with Gasteiger partial charge in [0.05, 0.1) is 0 Å². The fourth-order valence-electron chi connectivity index (χ4n) is 2.88. The average Bonchev–Trinajstić information content (AvgIpc) is 3.10. The van der Waals surface area contributed by atoms with Crippen LogP contribution in [-0.2, 0) is 10.3 Å². The van der Waals surface area contributed by atoms with Crippen LogP contribution in [-0.4, -0.2) is 35.3 Å². The first kappa shape index (κ1) is 15.3. The Kier molecular flexibility index (Phi) is 5.05. The van der Waals surface area contributed by atoms with E-state index in [0.717, 1.165) is 44.8 Å². The summed E-state index contributed by atoms with van der Waals surface area (Å²) in [5.74, 6) is 0.993. The fraction of sp³-hybridized carbons (Fsp3) is 0.714. The van der Waals surface area contributed by atoms with E-state index in [1.54, 1.807) is 6.20 Å². The summed E-state index contributed by atoms with van der Waals surface area (Å²) in [4.78, 5) is 12.6. The number of carbonyl (C=O) groups excluding carboxylic acids is 1. The number of halogens is 1. The molecule has 2 fully saturated rings. The molecule has 2 heterocycles. The van der Waals surface area contributed by atoms with E-state index in [1.807, 2.05) is 16.9 Å². The Bertz CT molecular complexity index is 424. The molecule has 0 radical (unpaired) electrons. The van der Waals surface area contributed by atoms with Crippen molar-refractivity contribution in [3.8, 4) is 0 Å². The zero-order valence-electron chi connectivity index (χ0n) is 11.7. The largest absolute Gasteiger partial charge is 0.354 e. The number of hydrogen-bond acceptors (Lipinski definition) is 3. The highest BCUT2D eigenvalue weighted by molar-refractivity contribution is 5.85. The second-order valence-corrected chi connectivity index (χ2v) is 5.72. The van der Waals surface area contributed by atoms with Gasteiger partial charge in [-0.15, -0.1) is 12.4 Å². The van der Waals surface area contributed by atoms with E-state index in [0.29, 0.717) is 0 Å². The number of amides is 1. The van der Waals surface area contributed by atoms with Crippen LogP contribution in [0.3, 0.4) is 0 Å². The minimum atomic E-state index is -0.488. The minimum Gasteiger partial charge on any atom is -0.354 e. The Hall–Kier alpha value is -1.07. The molecule has 112 valence electrons. The second-order valence-electron chi connectivity index (χ2n) is 5.72. The number of piperidine rings is 1. The van der Waals surface area contributed by atoms with E-state index >= 15 is 0 Å². The third-order valence-corrected chi connectivity index (χ3v) is 4.33. The van der Waals surface area contributed by atoms with Gasteiger partial charge in [-0.1, -0.05) is 12.8 Å². The summed E-state index contributed by atoms with van der Waals surface area (Å²) in [6.07, 6.45) is 9.08. The number of rotatable bonds is 5. The van der Waals surface area contributed by atoms with Crippen molar-refractivity contribution in [1.82, 2.24) is 20.4 Å². The van der Waals surface area contributed by atoms with Gasteiger partial charge < -0.3 is 10.6 Å². The molecule has 2 N–H and O–H groups in total. The second kappa shape index (κ2) is 6.59. The Morgan fingerprint density at radius 2 is 2.15 bits per heavy atom. The quantitative estimate of drug-likeness (QED) is 0.861. The summed E-state index contributed by atoms with van der Waals surface area (Å²) in [6.45, 7) is 2.55. The average molecular weight is 299 g/mol. The molecule has 1 saturated carbocycles. The molecular formula is C14H23ClN4O. The predicted molar refractivity (Wildman–Crippen MR) is 79.9 cm³/mol. The summed E-state index contributed by atoms with van der Waals surface area (Å²) in [5.41, 5.74) is -0.488. The van der Waals surface area contributed by atoms with Crippen molar-refractivity contribution in [2.24, 2.45) is 5.92 Å². The molecule has 1 aromatic rings.